The molecule has 2 aliphatic rings. The Morgan fingerprint density at radius 2 is 1.97 bits per heavy atom. The van der Waals surface area contributed by atoms with Gasteiger partial charge >= 0.3 is 6.09 Å². The van der Waals surface area contributed by atoms with Crippen LogP contribution in [0.15, 0.2) is 35.5 Å². The number of ether oxygens (including phenoxy) is 1. The minimum Gasteiger partial charge on any atom is -0.444 e. The standard InChI is InChI=1S/C25H25ClF2N4O4S/c1-23(2,3)36-22(35)31-21-32-24(4,18-10-25(18,37-21)20(29)34)14-7-12(8-15(27)19(14)28)9-17(33)16-6-5-13(26)11-30-16/h5-8,11,18H,9-10H2,1-4H3,(H2,29,34)(H,31,32,35)/t18-,24+,25-/m0/s1. The molecular formula is C25H25ClF2N4O4S. The molecule has 2 aromatic rings. The number of carbonyl (C=O) groups is 3. The van der Waals surface area contributed by atoms with E-state index >= 15 is 4.39 Å². The Morgan fingerprint density at radius 1 is 1.27 bits per heavy atom. The molecule has 1 aliphatic carbocycles. The summed E-state index contributed by atoms with van der Waals surface area (Å²) in [6.45, 7) is 6.58. The van der Waals surface area contributed by atoms with Crippen LogP contribution in [0, 0.1) is 17.6 Å². The molecule has 3 N–H and O–H groups in total. The summed E-state index contributed by atoms with van der Waals surface area (Å²) in [5.41, 5.74) is 3.58. The van der Waals surface area contributed by atoms with Gasteiger partial charge in [-0.2, -0.15) is 0 Å². The molecule has 2 heterocycles. The molecule has 0 bridgehead atoms. The Balaban J connectivity index is 1.72. The Bertz CT molecular complexity index is 1330. The third kappa shape index (κ3) is 5.33. The van der Waals surface area contributed by atoms with Crippen LogP contribution in [0.1, 0.15) is 55.7 Å². The molecule has 3 atom stereocenters. The lowest BCUT2D eigenvalue weighted by Crippen LogP contribution is -2.45. The summed E-state index contributed by atoms with van der Waals surface area (Å²) in [5, 5.41) is 2.85. The Kier molecular flexibility index (Phi) is 6.83. The second kappa shape index (κ2) is 9.36. The van der Waals surface area contributed by atoms with Crippen molar-refractivity contribution in [3.05, 3.63) is 63.9 Å². The fourth-order valence-electron chi connectivity index (χ4n) is 4.44. The number of halogens is 3. The maximum Gasteiger partial charge on any atom is 0.413 e. The Labute approximate surface area is 221 Å². The van der Waals surface area contributed by atoms with Crippen molar-refractivity contribution in [2.24, 2.45) is 16.6 Å². The number of primary amides is 1. The van der Waals surface area contributed by atoms with Gasteiger partial charge in [-0.05, 0) is 63.9 Å². The van der Waals surface area contributed by atoms with E-state index in [1.165, 1.54) is 24.4 Å². The van der Waals surface area contributed by atoms with Crippen molar-refractivity contribution in [1.82, 2.24) is 10.3 Å². The van der Waals surface area contributed by atoms with Crippen molar-refractivity contribution in [2.75, 3.05) is 0 Å². The number of thioether (sulfide) groups is 1. The molecule has 1 aromatic carbocycles. The highest BCUT2D eigenvalue weighted by atomic mass is 35.5. The van der Waals surface area contributed by atoms with Gasteiger partial charge in [-0.3, -0.25) is 24.9 Å². The lowest BCUT2D eigenvalue weighted by molar-refractivity contribution is -0.118. The number of nitrogens with one attached hydrogen (secondary N) is 1. The Morgan fingerprint density at radius 3 is 2.57 bits per heavy atom. The molecule has 0 radical (unpaired) electrons. The SMILES string of the molecule is CC(C)(C)OC(=O)NC1=N[C@](C)(c2cc(CC(=O)c3ccc(Cl)cn3)cc(F)c2F)[C@@H]2C[C@]2(C(N)=O)S1. The highest BCUT2D eigenvalue weighted by Crippen LogP contribution is 2.66. The smallest absolute Gasteiger partial charge is 0.413 e. The quantitative estimate of drug-likeness (QED) is 0.527. The van der Waals surface area contributed by atoms with Crippen molar-refractivity contribution in [3.8, 4) is 0 Å². The van der Waals surface area contributed by atoms with Gasteiger partial charge in [-0.15, -0.1) is 0 Å². The van der Waals surface area contributed by atoms with E-state index < -0.39 is 51.2 Å². The minimum absolute atomic E-state index is 0.00375. The number of pyridine rings is 1. The molecule has 1 fully saturated rings. The van der Waals surface area contributed by atoms with E-state index in [-0.39, 0.29) is 34.8 Å². The first-order chi connectivity index (χ1) is 17.1. The molecule has 12 heteroatoms. The number of nitrogens with zero attached hydrogens (tertiary/aromatic N) is 2. The van der Waals surface area contributed by atoms with E-state index in [4.69, 9.17) is 22.1 Å². The van der Waals surface area contributed by atoms with Crippen LogP contribution in [0.2, 0.25) is 5.02 Å². The number of carbonyl (C=O) groups excluding carboxylic acids is 3. The summed E-state index contributed by atoms with van der Waals surface area (Å²) in [4.78, 5) is 46.0. The first kappa shape index (κ1) is 27.0. The number of aliphatic imine (C=N–C) groups is 1. The van der Waals surface area contributed by atoms with Crippen LogP contribution < -0.4 is 11.1 Å². The molecule has 196 valence electrons. The number of amides is 2. The fraction of sp³-hybridized carbons (Fsp3) is 0.400. The number of alkyl carbamates (subject to hydrolysis) is 1. The van der Waals surface area contributed by atoms with E-state index in [0.717, 1.165) is 17.8 Å². The summed E-state index contributed by atoms with van der Waals surface area (Å²) in [5.74, 6) is -3.99. The van der Waals surface area contributed by atoms with Crippen LogP contribution in [-0.4, -0.2) is 38.3 Å². The second-order valence-electron chi connectivity index (χ2n) is 10.2. The highest BCUT2D eigenvalue weighted by molar-refractivity contribution is 8.16. The monoisotopic (exact) mass is 550 g/mol. The maximum atomic E-state index is 15.3. The molecule has 4 rings (SSSR count). The highest BCUT2D eigenvalue weighted by Gasteiger charge is 2.70. The van der Waals surface area contributed by atoms with E-state index in [1.807, 2.05) is 0 Å². The number of rotatable bonds is 5. The van der Waals surface area contributed by atoms with Crippen molar-refractivity contribution < 1.29 is 27.9 Å². The number of hydrogen-bond acceptors (Lipinski definition) is 7. The topological polar surface area (TPSA) is 124 Å². The van der Waals surface area contributed by atoms with Gasteiger partial charge < -0.3 is 10.5 Å². The number of nitrogens with two attached hydrogens (primary N) is 1. The van der Waals surface area contributed by atoms with Crippen molar-refractivity contribution in [2.45, 2.75) is 56.4 Å². The zero-order valence-electron chi connectivity index (χ0n) is 20.5. The third-order valence-corrected chi connectivity index (χ3v) is 7.86. The van der Waals surface area contributed by atoms with Gasteiger partial charge in [0.15, 0.2) is 22.6 Å². The molecule has 1 aromatic heterocycles. The molecule has 1 aliphatic heterocycles. The number of fused-ring (bicyclic) bond motifs is 1. The van der Waals surface area contributed by atoms with E-state index in [2.05, 4.69) is 15.3 Å². The predicted octanol–water partition coefficient (Wildman–Crippen LogP) is 4.53. The van der Waals surface area contributed by atoms with Gasteiger partial charge in [0.1, 0.15) is 16.0 Å². The number of hydrogen-bond donors (Lipinski definition) is 2. The van der Waals surface area contributed by atoms with Crippen molar-refractivity contribution in [3.63, 3.8) is 0 Å². The van der Waals surface area contributed by atoms with Crippen LogP contribution >= 0.6 is 23.4 Å². The Hall–Kier alpha value is -3.05. The zero-order chi connectivity index (χ0) is 27.3. The van der Waals surface area contributed by atoms with Gasteiger partial charge in [0, 0.05) is 24.1 Å². The first-order valence-corrected chi connectivity index (χ1v) is 12.6. The van der Waals surface area contributed by atoms with E-state index in [0.29, 0.717) is 5.02 Å². The van der Waals surface area contributed by atoms with Crippen molar-refractivity contribution in [1.29, 1.82) is 0 Å². The van der Waals surface area contributed by atoms with Crippen LogP contribution in [0.4, 0.5) is 13.6 Å². The molecular weight excluding hydrogens is 526 g/mol. The maximum absolute atomic E-state index is 15.3. The molecule has 0 unspecified atom stereocenters. The summed E-state index contributed by atoms with van der Waals surface area (Å²) < 4.78 is 34.2. The number of amidine groups is 1. The molecule has 8 nitrogen and oxygen atoms in total. The average molecular weight is 551 g/mol. The summed E-state index contributed by atoms with van der Waals surface area (Å²) >= 11 is 6.78. The second-order valence-corrected chi connectivity index (χ2v) is 12.0. The number of Topliss-reactive ketones (excluding diaryl/α,β-unsaturated/α-hetero) is 1. The van der Waals surface area contributed by atoms with Gasteiger partial charge in [0.05, 0.1) is 10.6 Å². The van der Waals surface area contributed by atoms with Crippen LogP contribution in [0.3, 0.4) is 0 Å². The molecule has 37 heavy (non-hydrogen) atoms. The van der Waals surface area contributed by atoms with Crippen LogP contribution in [-0.2, 0) is 21.5 Å². The summed E-state index contributed by atoms with van der Waals surface area (Å²) in [7, 11) is 0. The number of aromatic nitrogens is 1. The lowest BCUT2D eigenvalue weighted by Gasteiger charge is -2.34. The van der Waals surface area contributed by atoms with Gasteiger partial charge in [-0.25, -0.2) is 13.6 Å². The normalized spacial score (nSPS) is 24.5. The summed E-state index contributed by atoms with van der Waals surface area (Å²) in [6.07, 6.45) is 0.477. The molecule has 0 saturated heterocycles. The zero-order valence-corrected chi connectivity index (χ0v) is 22.1. The largest absolute Gasteiger partial charge is 0.444 e. The lowest BCUT2D eigenvalue weighted by atomic mass is 9.84. The minimum atomic E-state index is -1.47. The fourth-order valence-corrected chi connectivity index (χ4v) is 5.99. The van der Waals surface area contributed by atoms with Gasteiger partial charge in [0.2, 0.25) is 5.91 Å². The van der Waals surface area contributed by atoms with Crippen LogP contribution in [0.25, 0.3) is 0 Å². The molecule has 0 spiro atoms. The number of benzene rings is 1. The predicted molar refractivity (Wildman–Crippen MR) is 135 cm³/mol. The third-order valence-electron chi connectivity index (χ3n) is 6.24. The van der Waals surface area contributed by atoms with E-state index in [1.54, 1.807) is 27.7 Å². The van der Waals surface area contributed by atoms with Crippen LogP contribution in [0.5, 0.6) is 0 Å². The van der Waals surface area contributed by atoms with Crippen molar-refractivity contribution >= 4 is 46.3 Å². The van der Waals surface area contributed by atoms with Gasteiger partial charge in [0.25, 0.3) is 0 Å². The molecule has 1 saturated carbocycles. The van der Waals surface area contributed by atoms with Gasteiger partial charge in [-0.1, -0.05) is 23.4 Å². The number of ketones is 1. The summed E-state index contributed by atoms with van der Waals surface area (Å²) in [6, 6.07) is 5.23. The average Bonchev–Trinajstić information content (AvgIpc) is 3.52. The van der Waals surface area contributed by atoms with E-state index in [9.17, 15) is 18.8 Å². The molecule has 2 amide bonds. The first-order valence-electron chi connectivity index (χ1n) is 11.4.